The van der Waals surface area contributed by atoms with Crippen LogP contribution in [0.5, 0.6) is 0 Å². The quantitative estimate of drug-likeness (QED) is 0.853. The zero-order chi connectivity index (χ0) is 17.9. The number of amides is 1. The van der Waals surface area contributed by atoms with Crippen molar-refractivity contribution in [3.05, 3.63) is 30.1 Å². The lowest BCUT2D eigenvalue weighted by Crippen LogP contribution is -2.46. The number of carbonyl (C=O) groups excluding carboxylic acids is 1. The van der Waals surface area contributed by atoms with Gasteiger partial charge in [0.1, 0.15) is 5.82 Å². The van der Waals surface area contributed by atoms with E-state index in [4.69, 9.17) is 4.74 Å². The van der Waals surface area contributed by atoms with Crippen LogP contribution in [0, 0.1) is 11.7 Å². The van der Waals surface area contributed by atoms with E-state index in [1.807, 2.05) is 0 Å². The molecule has 25 heavy (non-hydrogen) atoms. The number of hydrogen-bond donors (Lipinski definition) is 1. The molecule has 0 bridgehead atoms. The highest BCUT2D eigenvalue weighted by atomic mass is 32.2. The van der Waals surface area contributed by atoms with E-state index in [9.17, 15) is 17.6 Å². The molecule has 8 heteroatoms. The first-order valence-corrected chi connectivity index (χ1v) is 10.1. The van der Waals surface area contributed by atoms with E-state index in [0.29, 0.717) is 25.9 Å². The number of benzene rings is 1. The van der Waals surface area contributed by atoms with E-state index >= 15 is 0 Å². The van der Waals surface area contributed by atoms with Gasteiger partial charge < -0.3 is 10.1 Å². The molecule has 2 heterocycles. The minimum Gasteiger partial charge on any atom is -0.376 e. The SMILES string of the molecule is O=C(NC[C@H]1CCCO1)[C@@H]1CCCN(S(=O)(=O)c2ccc(F)cc2)C1. The molecule has 1 amide bonds. The van der Waals surface area contributed by atoms with E-state index in [-0.39, 0.29) is 29.4 Å². The zero-order valence-corrected chi connectivity index (χ0v) is 14.8. The Kier molecular flexibility index (Phi) is 5.71. The van der Waals surface area contributed by atoms with Gasteiger partial charge in [-0.15, -0.1) is 0 Å². The standard InChI is InChI=1S/C17H23FN2O4S/c18-14-5-7-16(8-6-14)25(22,23)20-9-1-3-13(12-20)17(21)19-11-15-4-2-10-24-15/h5-8,13,15H,1-4,9-12H2,(H,19,21)/t13-,15-/m1/s1. The molecule has 138 valence electrons. The summed E-state index contributed by atoms with van der Waals surface area (Å²) in [5, 5.41) is 2.88. The van der Waals surface area contributed by atoms with Crippen molar-refractivity contribution in [1.29, 1.82) is 0 Å². The van der Waals surface area contributed by atoms with Gasteiger partial charge >= 0.3 is 0 Å². The Balaban J connectivity index is 1.61. The average Bonchev–Trinajstić information content (AvgIpc) is 3.14. The monoisotopic (exact) mass is 370 g/mol. The largest absolute Gasteiger partial charge is 0.376 e. The topological polar surface area (TPSA) is 75.7 Å². The average molecular weight is 370 g/mol. The lowest BCUT2D eigenvalue weighted by molar-refractivity contribution is -0.126. The molecule has 0 unspecified atom stereocenters. The highest BCUT2D eigenvalue weighted by Gasteiger charge is 2.33. The lowest BCUT2D eigenvalue weighted by atomic mass is 9.99. The minimum atomic E-state index is -3.71. The number of hydrogen-bond acceptors (Lipinski definition) is 4. The zero-order valence-electron chi connectivity index (χ0n) is 14.0. The lowest BCUT2D eigenvalue weighted by Gasteiger charge is -2.31. The second kappa shape index (κ2) is 7.80. The number of nitrogens with zero attached hydrogens (tertiary/aromatic N) is 1. The van der Waals surface area contributed by atoms with Crippen LogP contribution < -0.4 is 5.32 Å². The molecule has 6 nitrogen and oxygen atoms in total. The third-order valence-corrected chi connectivity index (χ3v) is 6.61. The summed E-state index contributed by atoms with van der Waals surface area (Å²) in [7, 11) is -3.71. The van der Waals surface area contributed by atoms with Gasteiger partial charge in [0.2, 0.25) is 15.9 Å². The van der Waals surface area contributed by atoms with Gasteiger partial charge in [0.25, 0.3) is 0 Å². The van der Waals surface area contributed by atoms with Crippen molar-refractivity contribution >= 4 is 15.9 Å². The summed E-state index contributed by atoms with van der Waals surface area (Å²) >= 11 is 0. The van der Waals surface area contributed by atoms with Crippen LogP contribution in [0.4, 0.5) is 4.39 Å². The summed E-state index contributed by atoms with van der Waals surface area (Å²) in [4.78, 5) is 12.4. The second-order valence-electron chi connectivity index (χ2n) is 6.54. The molecule has 0 radical (unpaired) electrons. The summed E-state index contributed by atoms with van der Waals surface area (Å²) in [5.74, 6) is -0.983. The van der Waals surface area contributed by atoms with Crippen LogP contribution in [0.25, 0.3) is 0 Å². The Morgan fingerprint density at radius 3 is 2.68 bits per heavy atom. The number of sulfonamides is 1. The fraction of sp³-hybridized carbons (Fsp3) is 0.588. The van der Waals surface area contributed by atoms with Gasteiger partial charge in [-0.1, -0.05) is 0 Å². The van der Waals surface area contributed by atoms with Crippen LogP contribution in [0.15, 0.2) is 29.2 Å². The molecule has 1 aromatic rings. The molecular weight excluding hydrogens is 347 g/mol. The van der Waals surface area contributed by atoms with Crippen molar-refractivity contribution in [1.82, 2.24) is 9.62 Å². The molecule has 0 aliphatic carbocycles. The molecule has 2 fully saturated rings. The van der Waals surface area contributed by atoms with E-state index in [2.05, 4.69) is 5.32 Å². The van der Waals surface area contributed by atoms with Gasteiger partial charge in [-0.25, -0.2) is 12.8 Å². The molecule has 3 rings (SSSR count). The molecule has 1 N–H and O–H groups in total. The van der Waals surface area contributed by atoms with Gasteiger partial charge in [-0.2, -0.15) is 4.31 Å². The third-order valence-electron chi connectivity index (χ3n) is 4.73. The van der Waals surface area contributed by atoms with Crippen LogP contribution in [0.1, 0.15) is 25.7 Å². The molecule has 1 aromatic carbocycles. The first kappa shape index (κ1) is 18.3. The van der Waals surface area contributed by atoms with Crippen LogP contribution >= 0.6 is 0 Å². The molecule has 2 atom stereocenters. The molecule has 0 spiro atoms. The fourth-order valence-electron chi connectivity index (χ4n) is 3.29. The number of ether oxygens (including phenoxy) is 1. The Hall–Kier alpha value is -1.51. The maximum absolute atomic E-state index is 13.0. The predicted molar refractivity (Wildman–Crippen MR) is 89.9 cm³/mol. The van der Waals surface area contributed by atoms with Crippen LogP contribution in [0.3, 0.4) is 0 Å². The van der Waals surface area contributed by atoms with E-state index in [0.717, 1.165) is 31.6 Å². The normalized spacial score (nSPS) is 25.0. The summed E-state index contributed by atoms with van der Waals surface area (Å²) in [6.07, 6.45) is 3.29. The van der Waals surface area contributed by atoms with Gasteiger partial charge in [-0.05, 0) is 49.9 Å². The summed E-state index contributed by atoms with van der Waals surface area (Å²) in [5.41, 5.74) is 0. The smallest absolute Gasteiger partial charge is 0.243 e. The van der Waals surface area contributed by atoms with Crippen molar-refractivity contribution in [2.75, 3.05) is 26.2 Å². The predicted octanol–water partition coefficient (Wildman–Crippen LogP) is 1.52. The fourth-order valence-corrected chi connectivity index (χ4v) is 4.82. The van der Waals surface area contributed by atoms with Gasteiger partial charge in [-0.3, -0.25) is 4.79 Å². The van der Waals surface area contributed by atoms with E-state index in [1.54, 1.807) is 0 Å². The number of carbonyl (C=O) groups is 1. The number of piperidine rings is 1. The van der Waals surface area contributed by atoms with Crippen molar-refractivity contribution < 1.29 is 22.3 Å². The third kappa shape index (κ3) is 4.37. The van der Waals surface area contributed by atoms with Crippen molar-refractivity contribution in [3.63, 3.8) is 0 Å². The van der Waals surface area contributed by atoms with Crippen molar-refractivity contribution in [3.8, 4) is 0 Å². The highest BCUT2D eigenvalue weighted by molar-refractivity contribution is 7.89. The maximum atomic E-state index is 13.0. The Labute approximate surface area is 147 Å². The maximum Gasteiger partial charge on any atom is 0.243 e. The number of halogens is 1. The first-order valence-electron chi connectivity index (χ1n) is 8.62. The molecule has 0 aromatic heterocycles. The number of rotatable bonds is 5. The Bertz CT molecular complexity index is 702. The van der Waals surface area contributed by atoms with Crippen LogP contribution in [0.2, 0.25) is 0 Å². The first-order chi connectivity index (χ1) is 12.0. The molecular formula is C17H23FN2O4S. The van der Waals surface area contributed by atoms with Crippen LogP contribution in [-0.2, 0) is 19.6 Å². The molecule has 2 saturated heterocycles. The summed E-state index contributed by atoms with van der Waals surface area (Å²) < 4.78 is 45.2. The minimum absolute atomic E-state index is 0.0503. The Morgan fingerprint density at radius 1 is 1.24 bits per heavy atom. The number of nitrogens with one attached hydrogen (secondary N) is 1. The van der Waals surface area contributed by atoms with E-state index in [1.165, 1.54) is 16.4 Å². The van der Waals surface area contributed by atoms with Crippen LogP contribution in [-0.4, -0.2) is 51.0 Å². The molecule has 2 aliphatic rings. The van der Waals surface area contributed by atoms with Gasteiger partial charge in [0, 0.05) is 26.2 Å². The summed E-state index contributed by atoms with van der Waals surface area (Å²) in [6, 6.07) is 4.77. The highest BCUT2D eigenvalue weighted by Crippen LogP contribution is 2.24. The summed E-state index contributed by atoms with van der Waals surface area (Å²) in [6.45, 7) is 1.72. The van der Waals surface area contributed by atoms with E-state index < -0.39 is 15.8 Å². The van der Waals surface area contributed by atoms with Gasteiger partial charge in [0.15, 0.2) is 0 Å². The van der Waals surface area contributed by atoms with Gasteiger partial charge in [0.05, 0.1) is 16.9 Å². The molecule has 2 aliphatic heterocycles. The van der Waals surface area contributed by atoms with Crippen molar-refractivity contribution in [2.24, 2.45) is 5.92 Å². The second-order valence-corrected chi connectivity index (χ2v) is 8.47. The molecule has 0 saturated carbocycles. The van der Waals surface area contributed by atoms with Crippen molar-refractivity contribution in [2.45, 2.75) is 36.7 Å². The Morgan fingerprint density at radius 2 is 2.00 bits per heavy atom.